The number of ether oxygens (including phenoxy) is 4. The predicted octanol–water partition coefficient (Wildman–Crippen LogP) is -0.461. The lowest BCUT2D eigenvalue weighted by Crippen LogP contribution is -2.47. The first-order chi connectivity index (χ1) is 34.9. The summed E-state index contributed by atoms with van der Waals surface area (Å²) in [6.45, 7) is -0.872. The number of nitrogens with zero attached hydrogens (tertiary/aromatic N) is 2. The van der Waals surface area contributed by atoms with Crippen molar-refractivity contribution in [1.29, 1.82) is 0 Å². The second kappa shape index (κ2) is 27.6. The number of carboxylic acids is 4. The van der Waals surface area contributed by atoms with Gasteiger partial charge in [0.1, 0.15) is 23.6 Å². The van der Waals surface area contributed by atoms with Crippen LogP contribution in [0.1, 0.15) is 55.4 Å². The number of carbonyl (C=O) groups excluding carboxylic acids is 2. The summed E-state index contributed by atoms with van der Waals surface area (Å²) in [4.78, 5) is 79.4. The summed E-state index contributed by atoms with van der Waals surface area (Å²) in [5.41, 5.74) is 22.5. The molecule has 28 nitrogen and oxygen atoms in total. The fraction of sp³-hybridized carbons (Fsp3) is 0.273. The van der Waals surface area contributed by atoms with Crippen LogP contribution >= 0.6 is 0 Å². The van der Waals surface area contributed by atoms with Gasteiger partial charge in [-0.1, -0.05) is 24.3 Å². The van der Waals surface area contributed by atoms with Crippen LogP contribution < -0.4 is 52.5 Å². The Hall–Kier alpha value is -8.10. The van der Waals surface area contributed by atoms with E-state index in [1.165, 1.54) is 97.1 Å². The number of guanidine groups is 2. The topological polar surface area (TPSA) is 465 Å². The third-order valence-electron chi connectivity index (χ3n) is 9.62. The van der Waals surface area contributed by atoms with Gasteiger partial charge in [0.15, 0.2) is 22.7 Å². The van der Waals surface area contributed by atoms with Gasteiger partial charge in [0, 0.05) is 13.1 Å². The van der Waals surface area contributed by atoms with E-state index in [1.807, 2.05) is 9.44 Å². The molecule has 0 fully saturated rings. The third-order valence-corrected chi connectivity index (χ3v) is 13.0. The van der Waals surface area contributed by atoms with Gasteiger partial charge < -0.3 is 62.3 Å². The van der Waals surface area contributed by atoms with Crippen molar-refractivity contribution in [2.24, 2.45) is 32.9 Å². The maximum atomic E-state index is 13.6. The fourth-order valence-electron chi connectivity index (χ4n) is 6.30. The summed E-state index contributed by atoms with van der Waals surface area (Å²) < 4.78 is 79.9. The Morgan fingerprint density at radius 2 is 0.811 bits per heavy atom. The number of rotatable bonds is 31. The van der Waals surface area contributed by atoms with Crippen molar-refractivity contribution in [3.05, 3.63) is 119 Å². The molecule has 0 spiro atoms. The van der Waals surface area contributed by atoms with Gasteiger partial charge in [-0.3, -0.25) is 29.8 Å². The van der Waals surface area contributed by atoms with E-state index in [0.717, 1.165) is 0 Å². The average Bonchev–Trinajstić information content (AvgIpc) is 3.31. The quantitative estimate of drug-likeness (QED) is 0.00997. The fourth-order valence-corrected chi connectivity index (χ4v) is 9.43. The average molecular weight is 1070 g/mol. The summed E-state index contributed by atoms with van der Waals surface area (Å²) in [5.74, 6) is -8.62. The normalized spacial score (nSPS) is 13.0. The van der Waals surface area contributed by atoms with Crippen molar-refractivity contribution in [3.63, 3.8) is 0 Å². The number of sulfonamides is 2. The number of hydrogen-bond acceptors (Lipinski definition) is 18. The number of carbonyl (C=O) groups is 6. The van der Waals surface area contributed by atoms with E-state index in [-0.39, 0.29) is 85.2 Å². The van der Waals surface area contributed by atoms with Gasteiger partial charge in [-0.25, -0.2) is 36.4 Å². The lowest BCUT2D eigenvalue weighted by atomic mass is 10.2. The van der Waals surface area contributed by atoms with Crippen LogP contribution in [0.15, 0.2) is 107 Å². The zero-order valence-electron chi connectivity index (χ0n) is 38.7. The van der Waals surface area contributed by atoms with E-state index in [1.54, 1.807) is 0 Å². The maximum absolute atomic E-state index is 13.6. The maximum Gasteiger partial charge on any atom is 0.343 e. The molecular weight excluding hydrogens is 1020 g/mol. The second-order valence-corrected chi connectivity index (χ2v) is 18.9. The highest BCUT2D eigenvalue weighted by Crippen LogP contribution is 2.26. The molecule has 4 aromatic carbocycles. The largest absolute Gasteiger partial charge is 0.481 e. The van der Waals surface area contributed by atoms with E-state index in [0.29, 0.717) is 11.4 Å². The van der Waals surface area contributed by atoms with Gasteiger partial charge in [0.2, 0.25) is 20.0 Å². The van der Waals surface area contributed by atoms with Crippen molar-refractivity contribution in [1.82, 2.24) is 20.1 Å². The molecule has 16 N–H and O–H groups in total. The van der Waals surface area contributed by atoms with Gasteiger partial charge in [0.25, 0.3) is 0 Å². The summed E-state index contributed by atoms with van der Waals surface area (Å²) in [5, 5.41) is 39.5. The number of esters is 2. The van der Waals surface area contributed by atoms with Gasteiger partial charge in [-0.2, -0.15) is 9.44 Å². The molecule has 398 valence electrons. The van der Waals surface area contributed by atoms with Crippen molar-refractivity contribution in [2.75, 3.05) is 39.5 Å². The molecular formula is C44H52N10O18S2. The molecule has 0 aliphatic heterocycles. The molecule has 0 saturated heterocycles. The van der Waals surface area contributed by atoms with Gasteiger partial charge in [-0.15, -0.1) is 0 Å². The Kier molecular flexibility index (Phi) is 21.8. The molecule has 0 amide bonds. The van der Waals surface area contributed by atoms with E-state index in [9.17, 15) is 66.0 Å². The first-order valence-electron chi connectivity index (χ1n) is 21.5. The molecule has 0 heterocycles. The molecule has 4 atom stereocenters. The molecule has 0 radical (unpaired) electrons. The number of aliphatic carboxylic acids is 4. The van der Waals surface area contributed by atoms with Crippen molar-refractivity contribution in [3.8, 4) is 11.5 Å². The molecule has 0 saturated carbocycles. The van der Waals surface area contributed by atoms with Crippen LogP contribution in [-0.2, 0) is 48.7 Å². The molecule has 4 aromatic rings. The third kappa shape index (κ3) is 19.1. The summed E-state index contributed by atoms with van der Waals surface area (Å²) in [7, 11) is -9.40. The first kappa shape index (κ1) is 58.5. The van der Waals surface area contributed by atoms with Crippen LogP contribution in [0.4, 0.5) is 11.4 Å². The molecule has 2 unspecified atom stereocenters. The van der Waals surface area contributed by atoms with Gasteiger partial charge >= 0.3 is 35.8 Å². The summed E-state index contributed by atoms with van der Waals surface area (Å²) in [6.07, 6.45) is -2.17. The Morgan fingerprint density at radius 3 is 1.09 bits per heavy atom. The lowest BCUT2D eigenvalue weighted by molar-refractivity contribution is -0.145. The minimum atomic E-state index is -4.70. The van der Waals surface area contributed by atoms with Gasteiger partial charge in [0.05, 0.1) is 61.8 Å². The van der Waals surface area contributed by atoms with Crippen LogP contribution in [0.5, 0.6) is 11.5 Å². The number of nitrogens with two attached hydrogens (primary N) is 4. The van der Waals surface area contributed by atoms with E-state index < -0.39 is 91.5 Å². The van der Waals surface area contributed by atoms with E-state index in [2.05, 4.69) is 20.6 Å². The molecule has 74 heavy (non-hydrogen) atoms. The molecule has 0 aliphatic rings. The Morgan fingerprint density at radius 1 is 0.486 bits per heavy atom. The van der Waals surface area contributed by atoms with Crippen LogP contribution in [0, 0.1) is 0 Å². The van der Waals surface area contributed by atoms with Crippen molar-refractivity contribution >= 4 is 79.2 Å². The van der Waals surface area contributed by atoms with E-state index in [4.69, 9.17) is 41.9 Å². The standard InChI is InChI=1S/C44H52N10O18S2/c45-43(46)51-29-9-1-27(2-10-29)41(63)71-31-13-5-25(6-14-31)37(73(65,66)53-33(39(59)60)23-35(55)56)49-17-19-69-21-22-70-20-18-50-38(74(67,68)54-34(40(61)62)24-36(57)58)26-7-15-32(16-8-26)72-42(64)28-3-11-30(12-4-28)52-44(47)48/h1-16,33-34,37-38,49-50,53-54H,17-24H2,(H,55,56)(H,57,58)(H,59,60)(H,61,62)(H4,45,46,51)(H4,47,48,52)/t33-,34-,37?,38?/m0/s1. The smallest absolute Gasteiger partial charge is 0.343 e. The van der Waals surface area contributed by atoms with Crippen molar-refractivity contribution < 1.29 is 85.0 Å². The highest BCUT2D eigenvalue weighted by molar-refractivity contribution is 7.90. The molecule has 0 bridgehead atoms. The molecule has 4 rings (SSSR count). The Balaban J connectivity index is 1.36. The summed E-state index contributed by atoms with van der Waals surface area (Å²) >= 11 is 0. The van der Waals surface area contributed by atoms with E-state index >= 15 is 0 Å². The van der Waals surface area contributed by atoms with Crippen LogP contribution in [-0.4, -0.2) is 137 Å². The Bertz CT molecular complexity index is 2690. The van der Waals surface area contributed by atoms with Crippen LogP contribution in [0.25, 0.3) is 0 Å². The van der Waals surface area contributed by atoms with Crippen LogP contribution in [0.3, 0.4) is 0 Å². The number of benzene rings is 4. The summed E-state index contributed by atoms with van der Waals surface area (Å²) in [6, 6.07) is 17.6. The SMILES string of the molecule is NC(N)=Nc1ccc(C(=O)Oc2ccc(C(NCCOCCOCCNC(c3ccc(OC(=O)c4ccc(N=C(N)N)cc4)cc3)S(=O)(=O)N[C@@H](CC(=O)O)C(=O)O)S(=O)(=O)N[C@@H](CC(=O)O)C(=O)O)cc2)cc1. The second-order valence-electron chi connectivity index (χ2n) is 15.3. The van der Waals surface area contributed by atoms with Crippen molar-refractivity contribution in [2.45, 2.75) is 35.7 Å². The lowest BCUT2D eigenvalue weighted by Gasteiger charge is -2.23. The molecule has 0 aromatic heterocycles. The predicted molar refractivity (Wildman–Crippen MR) is 261 cm³/mol. The molecule has 0 aliphatic carbocycles. The number of hydrogen-bond donors (Lipinski definition) is 12. The monoisotopic (exact) mass is 1070 g/mol. The number of aliphatic imine (C=N–C) groups is 2. The minimum absolute atomic E-state index is 0.000531. The zero-order valence-corrected chi connectivity index (χ0v) is 40.4. The highest BCUT2D eigenvalue weighted by atomic mass is 32.2. The number of carboxylic acid groups (broad SMARTS) is 4. The van der Waals surface area contributed by atoms with Crippen LogP contribution in [0.2, 0.25) is 0 Å². The first-order valence-corrected chi connectivity index (χ1v) is 24.6. The molecule has 30 heteroatoms. The highest BCUT2D eigenvalue weighted by Gasteiger charge is 2.35. The zero-order chi connectivity index (χ0) is 54.6. The minimum Gasteiger partial charge on any atom is -0.481 e. The van der Waals surface area contributed by atoms with Gasteiger partial charge in [-0.05, 0) is 83.9 Å². The Labute approximate surface area is 421 Å². The number of nitrogens with one attached hydrogen (secondary N) is 4.